The van der Waals surface area contributed by atoms with Crippen LogP contribution in [0.15, 0.2) is 24.3 Å². The molecule has 0 aromatic heterocycles. The van der Waals surface area contributed by atoms with Gasteiger partial charge in [0.2, 0.25) is 5.24 Å². The SMILES string of the molecule is CCOC(=O)Oc1ccc(/C=C/C(=O)Cl)cc1OC. The van der Waals surface area contributed by atoms with Crippen LogP contribution in [-0.4, -0.2) is 25.1 Å². The first kappa shape index (κ1) is 15.0. The lowest BCUT2D eigenvalue weighted by molar-refractivity contribution is -0.107. The number of methoxy groups -OCH3 is 1. The van der Waals surface area contributed by atoms with E-state index in [-0.39, 0.29) is 12.4 Å². The van der Waals surface area contributed by atoms with Crippen molar-refractivity contribution in [3.05, 3.63) is 29.8 Å². The maximum absolute atomic E-state index is 11.2. The maximum atomic E-state index is 11.2. The Bertz CT molecular complexity index is 496. The molecule has 0 bridgehead atoms. The highest BCUT2D eigenvalue weighted by atomic mass is 35.5. The molecule has 0 N–H and O–H groups in total. The van der Waals surface area contributed by atoms with Crippen LogP contribution in [0.3, 0.4) is 0 Å². The highest BCUT2D eigenvalue weighted by molar-refractivity contribution is 6.66. The highest BCUT2D eigenvalue weighted by Gasteiger charge is 2.10. The Morgan fingerprint density at radius 1 is 1.32 bits per heavy atom. The van der Waals surface area contributed by atoms with Crippen molar-refractivity contribution in [1.82, 2.24) is 0 Å². The van der Waals surface area contributed by atoms with E-state index in [1.54, 1.807) is 19.1 Å². The summed E-state index contributed by atoms with van der Waals surface area (Å²) in [4.78, 5) is 21.8. The molecule has 0 unspecified atom stereocenters. The largest absolute Gasteiger partial charge is 0.513 e. The van der Waals surface area contributed by atoms with Gasteiger partial charge in [-0.3, -0.25) is 4.79 Å². The van der Waals surface area contributed by atoms with Crippen molar-refractivity contribution in [3.8, 4) is 11.5 Å². The number of rotatable bonds is 5. The molecule has 0 saturated carbocycles. The maximum Gasteiger partial charge on any atom is 0.513 e. The number of allylic oxidation sites excluding steroid dienone is 1. The molecule has 6 heteroatoms. The zero-order valence-corrected chi connectivity index (χ0v) is 11.3. The van der Waals surface area contributed by atoms with E-state index >= 15 is 0 Å². The summed E-state index contributed by atoms with van der Waals surface area (Å²) in [6, 6.07) is 4.78. The number of ether oxygens (including phenoxy) is 3. The summed E-state index contributed by atoms with van der Waals surface area (Å²) in [5, 5.41) is -0.578. The van der Waals surface area contributed by atoms with Crippen LogP contribution < -0.4 is 9.47 Å². The Morgan fingerprint density at radius 3 is 2.63 bits per heavy atom. The third kappa shape index (κ3) is 5.01. The highest BCUT2D eigenvalue weighted by Crippen LogP contribution is 2.28. The fraction of sp³-hybridized carbons (Fsp3) is 0.231. The van der Waals surface area contributed by atoms with Gasteiger partial charge in [-0.2, -0.15) is 0 Å². The monoisotopic (exact) mass is 284 g/mol. The molecule has 1 rings (SSSR count). The molecule has 19 heavy (non-hydrogen) atoms. The Morgan fingerprint density at radius 2 is 2.05 bits per heavy atom. The average Bonchev–Trinajstić information content (AvgIpc) is 2.37. The lowest BCUT2D eigenvalue weighted by Gasteiger charge is -2.09. The number of hydrogen-bond donors (Lipinski definition) is 0. The molecule has 1 aromatic carbocycles. The molecular weight excluding hydrogens is 272 g/mol. The van der Waals surface area contributed by atoms with E-state index in [0.29, 0.717) is 11.3 Å². The van der Waals surface area contributed by atoms with E-state index in [0.717, 1.165) is 0 Å². The van der Waals surface area contributed by atoms with Gasteiger partial charge < -0.3 is 14.2 Å². The van der Waals surface area contributed by atoms with Gasteiger partial charge in [0.1, 0.15) is 0 Å². The molecule has 102 valence electrons. The van der Waals surface area contributed by atoms with Crippen molar-refractivity contribution in [2.24, 2.45) is 0 Å². The Labute approximate surface area is 115 Å². The summed E-state index contributed by atoms with van der Waals surface area (Å²) in [5.41, 5.74) is 0.682. The standard InChI is InChI=1S/C13H13ClO5/c1-3-18-13(16)19-10-6-4-9(5-7-12(14)15)8-11(10)17-2/h4-8H,3H2,1-2H3/b7-5+. The third-order valence-corrected chi connectivity index (χ3v) is 2.18. The first-order valence-electron chi connectivity index (χ1n) is 5.47. The zero-order chi connectivity index (χ0) is 14.3. The molecule has 0 heterocycles. The van der Waals surface area contributed by atoms with Gasteiger partial charge in [-0.05, 0) is 42.3 Å². The minimum absolute atomic E-state index is 0.222. The molecule has 0 atom stereocenters. The number of benzene rings is 1. The van der Waals surface area contributed by atoms with Crippen molar-refractivity contribution >= 4 is 29.1 Å². The molecule has 0 aliphatic carbocycles. The van der Waals surface area contributed by atoms with Crippen molar-refractivity contribution in [1.29, 1.82) is 0 Å². The van der Waals surface area contributed by atoms with Crippen LogP contribution in [0.4, 0.5) is 4.79 Å². The molecule has 0 aliphatic rings. The fourth-order valence-corrected chi connectivity index (χ4v) is 1.33. The number of carbonyl (C=O) groups is 2. The van der Waals surface area contributed by atoms with Gasteiger partial charge in [0.25, 0.3) is 0 Å². The summed E-state index contributed by atoms with van der Waals surface area (Å²) in [6.45, 7) is 1.90. The minimum atomic E-state index is -0.806. The average molecular weight is 285 g/mol. The fourth-order valence-electron chi connectivity index (χ4n) is 1.27. The first-order chi connectivity index (χ1) is 9.06. The Balaban J connectivity index is 2.90. The Kier molecular flexibility index (Phi) is 5.89. The zero-order valence-electron chi connectivity index (χ0n) is 10.5. The molecule has 5 nitrogen and oxygen atoms in total. The van der Waals surface area contributed by atoms with E-state index < -0.39 is 11.4 Å². The number of carbonyl (C=O) groups excluding carboxylic acids is 2. The van der Waals surface area contributed by atoms with Crippen molar-refractivity contribution < 1.29 is 23.8 Å². The molecule has 0 saturated heterocycles. The van der Waals surface area contributed by atoms with E-state index in [1.165, 1.54) is 25.3 Å². The van der Waals surface area contributed by atoms with Crippen molar-refractivity contribution in [2.75, 3.05) is 13.7 Å². The van der Waals surface area contributed by atoms with Gasteiger partial charge in [0, 0.05) is 0 Å². The molecule has 0 radical (unpaired) electrons. The van der Waals surface area contributed by atoms with Crippen molar-refractivity contribution in [2.45, 2.75) is 6.92 Å². The van der Waals surface area contributed by atoms with Gasteiger partial charge in [0.05, 0.1) is 13.7 Å². The topological polar surface area (TPSA) is 61.8 Å². The second kappa shape index (κ2) is 7.43. The first-order valence-corrected chi connectivity index (χ1v) is 5.84. The van der Waals surface area contributed by atoms with Gasteiger partial charge in [-0.25, -0.2) is 4.79 Å². The van der Waals surface area contributed by atoms with Crippen LogP contribution in [0.1, 0.15) is 12.5 Å². The summed E-state index contributed by atoms with van der Waals surface area (Å²) in [5.74, 6) is 0.576. The number of halogens is 1. The molecule has 0 aliphatic heterocycles. The lowest BCUT2D eigenvalue weighted by atomic mass is 10.2. The summed E-state index contributed by atoms with van der Waals surface area (Å²) in [7, 11) is 1.44. The second-order valence-electron chi connectivity index (χ2n) is 3.33. The molecule has 1 aromatic rings. The van der Waals surface area contributed by atoms with Gasteiger partial charge in [-0.15, -0.1) is 0 Å². The molecule has 0 fully saturated rings. The predicted molar refractivity (Wildman–Crippen MR) is 70.5 cm³/mol. The van der Waals surface area contributed by atoms with Crippen molar-refractivity contribution in [3.63, 3.8) is 0 Å². The predicted octanol–water partition coefficient (Wildman–Crippen LogP) is 3.01. The normalized spacial score (nSPS) is 10.3. The van der Waals surface area contributed by atoms with E-state index in [9.17, 15) is 9.59 Å². The smallest absolute Gasteiger partial charge is 0.493 e. The molecule has 0 spiro atoms. The van der Waals surface area contributed by atoms with Crippen LogP contribution in [0.2, 0.25) is 0 Å². The lowest BCUT2D eigenvalue weighted by Crippen LogP contribution is -2.10. The van der Waals surface area contributed by atoms with E-state index in [4.69, 9.17) is 21.1 Å². The van der Waals surface area contributed by atoms with Crippen LogP contribution in [0, 0.1) is 0 Å². The van der Waals surface area contributed by atoms with Gasteiger partial charge in [-0.1, -0.05) is 12.1 Å². The van der Waals surface area contributed by atoms with Gasteiger partial charge in [0.15, 0.2) is 11.5 Å². The van der Waals surface area contributed by atoms with Crippen LogP contribution >= 0.6 is 11.6 Å². The van der Waals surface area contributed by atoms with E-state index in [1.807, 2.05) is 0 Å². The summed E-state index contributed by atoms with van der Waals surface area (Å²) >= 11 is 5.19. The van der Waals surface area contributed by atoms with Crippen LogP contribution in [0.5, 0.6) is 11.5 Å². The molecule has 0 amide bonds. The quantitative estimate of drug-likeness (QED) is 0.360. The number of hydrogen-bond acceptors (Lipinski definition) is 5. The summed E-state index contributed by atoms with van der Waals surface area (Å²) in [6.07, 6.45) is 1.92. The Hall–Kier alpha value is -2.01. The van der Waals surface area contributed by atoms with E-state index in [2.05, 4.69) is 4.74 Å². The minimum Gasteiger partial charge on any atom is -0.493 e. The summed E-state index contributed by atoms with van der Waals surface area (Å²) < 4.78 is 14.7. The van der Waals surface area contributed by atoms with Crippen LogP contribution in [-0.2, 0) is 9.53 Å². The third-order valence-electron chi connectivity index (χ3n) is 2.05. The van der Waals surface area contributed by atoms with Crippen LogP contribution in [0.25, 0.3) is 6.08 Å². The second-order valence-corrected chi connectivity index (χ2v) is 3.71. The molecular formula is C13H13ClO5. The van der Waals surface area contributed by atoms with Gasteiger partial charge >= 0.3 is 6.16 Å².